The van der Waals surface area contributed by atoms with Gasteiger partial charge in [0.2, 0.25) is 0 Å². The largest absolute Gasteiger partial charge is 0.349 e. The summed E-state index contributed by atoms with van der Waals surface area (Å²) in [5, 5.41) is 4.09. The van der Waals surface area contributed by atoms with Gasteiger partial charge in [0.1, 0.15) is 0 Å². The minimum Gasteiger partial charge on any atom is -0.349 e. The first-order chi connectivity index (χ1) is 13.1. The van der Waals surface area contributed by atoms with Crippen LogP contribution in [0.2, 0.25) is 0 Å². The summed E-state index contributed by atoms with van der Waals surface area (Å²) in [5.41, 5.74) is 1.28. The van der Waals surface area contributed by atoms with Gasteiger partial charge in [-0.3, -0.25) is 9.59 Å². The molecular weight excluding hydrogens is 338 g/mol. The maximum atomic E-state index is 13.0. The Bertz CT molecular complexity index is 890. The summed E-state index contributed by atoms with van der Waals surface area (Å²) in [5.74, 6) is -0.111. The van der Waals surface area contributed by atoms with Crippen LogP contribution < -0.4 is 10.9 Å². The zero-order valence-electron chi connectivity index (χ0n) is 16.3. The zero-order valence-corrected chi connectivity index (χ0v) is 16.3. The predicted octanol–water partition coefficient (Wildman–Crippen LogP) is 3.16. The van der Waals surface area contributed by atoms with Crippen molar-refractivity contribution in [2.75, 3.05) is 7.05 Å². The molecule has 0 aliphatic carbocycles. The average Bonchev–Trinajstić information content (AvgIpc) is 2.88. The van der Waals surface area contributed by atoms with E-state index in [1.54, 1.807) is 4.57 Å². The molecule has 3 heterocycles. The molecule has 1 aromatic carbocycles. The molecule has 0 radical (unpaired) electrons. The fourth-order valence-electron chi connectivity index (χ4n) is 4.86. The lowest BCUT2D eigenvalue weighted by Gasteiger charge is -2.36. The predicted molar refractivity (Wildman–Crippen MR) is 108 cm³/mol. The van der Waals surface area contributed by atoms with Gasteiger partial charge in [0.25, 0.3) is 11.5 Å². The van der Waals surface area contributed by atoms with Crippen LogP contribution >= 0.6 is 0 Å². The van der Waals surface area contributed by atoms with E-state index in [2.05, 4.69) is 24.2 Å². The maximum absolute atomic E-state index is 13.0. The van der Waals surface area contributed by atoms with Crippen molar-refractivity contribution >= 4 is 16.8 Å². The highest BCUT2D eigenvalue weighted by Gasteiger charge is 2.38. The third kappa shape index (κ3) is 3.41. The second kappa shape index (κ2) is 7.47. The van der Waals surface area contributed by atoms with Gasteiger partial charge < -0.3 is 14.8 Å². The van der Waals surface area contributed by atoms with Crippen LogP contribution in [0, 0.1) is 0 Å². The second-order valence-corrected chi connectivity index (χ2v) is 8.11. The highest BCUT2D eigenvalue weighted by molar-refractivity contribution is 6.06. The molecule has 2 aromatic rings. The van der Waals surface area contributed by atoms with Gasteiger partial charge in [-0.15, -0.1) is 0 Å². The van der Waals surface area contributed by atoms with E-state index >= 15 is 0 Å². The van der Waals surface area contributed by atoms with Gasteiger partial charge in [0.15, 0.2) is 0 Å². The topological polar surface area (TPSA) is 54.3 Å². The van der Waals surface area contributed by atoms with Crippen molar-refractivity contribution in [2.24, 2.45) is 0 Å². The molecule has 2 aliphatic rings. The Morgan fingerprint density at radius 3 is 2.59 bits per heavy atom. The number of hydrogen-bond acceptors (Lipinski definition) is 3. The minimum absolute atomic E-state index is 0.0873. The first kappa shape index (κ1) is 18.2. The molecule has 2 fully saturated rings. The number of carbonyl (C=O) groups is 1. The number of nitrogens with one attached hydrogen (secondary N) is 1. The number of aryl methyl sites for hydroxylation is 1. The van der Waals surface area contributed by atoms with Gasteiger partial charge >= 0.3 is 0 Å². The van der Waals surface area contributed by atoms with Gasteiger partial charge in [-0.25, -0.2) is 0 Å². The fraction of sp³-hybridized carbons (Fsp3) is 0.545. The van der Waals surface area contributed by atoms with Crippen LogP contribution in [0.25, 0.3) is 10.9 Å². The van der Waals surface area contributed by atoms with Crippen molar-refractivity contribution in [3.8, 4) is 0 Å². The molecule has 2 saturated heterocycles. The number of rotatable bonds is 5. The molecule has 5 heteroatoms. The Morgan fingerprint density at radius 2 is 1.89 bits per heavy atom. The molecule has 5 nitrogen and oxygen atoms in total. The van der Waals surface area contributed by atoms with Gasteiger partial charge in [-0.2, -0.15) is 0 Å². The number of aromatic nitrogens is 1. The number of amides is 1. The van der Waals surface area contributed by atoms with Crippen LogP contribution in [0.4, 0.5) is 0 Å². The van der Waals surface area contributed by atoms with E-state index in [0.29, 0.717) is 24.2 Å². The van der Waals surface area contributed by atoms with E-state index in [0.717, 1.165) is 36.6 Å². The number of para-hydroxylation sites is 1. The Labute approximate surface area is 160 Å². The molecule has 27 heavy (non-hydrogen) atoms. The minimum atomic E-state index is -0.111. The van der Waals surface area contributed by atoms with E-state index in [1.807, 2.05) is 24.3 Å². The number of benzene rings is 1. The highest BCUT2D eigenvalue weighted by Crippen LogP contribution is 2.34. The SMILES string of the molecule is CCCCn1c(=O)cc(C(=O)NC2C[C@H]3CC[C@@H](C2)N3C)c2ccccc21. The molecule has 0 spiro atoms. The standard InChI is InChI=1S/C22H29N3O2/c1-3-4-11-25-20-8-6-5-7-18(20)19(14-21(25)26)22(27)23-15-12-16-9-10-17(13-15)24(16)2/h5-8,14-17H,3-4,9-13H2,1-2H3,(H,23,27)/t15?,16-,17+. The number of carbonyl (C=O) groups excluding carboxylic acids is 1. The molecule has 2 bridgehead atoms. The molecular formula is C22H29N3O2. The normalized spacial score (nSPS) is 25.0. The number of piperidine rings is 1. The molecule has 1 N–H and O–H groups in total. The molecule has 4 rings (SSSR count). The Kier molecular flexibility index (Phi) is 5.04. The van der Waals surface area contributed by atoms with Crippen molar-refractivity contribution in [3.05, 3.63) is 46.2 Å². The lowest BCUT2D eigenvalue weighted by atomic mass is 9.97. The Morgan fingerprint density at radius 1 is 1.19 bits per heavy atom. The van der Waals surface area contributed by atoms with Crippen LogP contribution in [0.5, 0.6) is 0 Å². The number of pyridine rings is 1. The van der Waals surface area contributed by atoms with Crippen LogP contribution in [-0.2, 0) is 6.54 Å². The van der Waals surface area contributed by atoms with E-state index in [4.69, 9.17) is 0 Å². The second-order valence-electron chi connectivity index (χ2n) is 8.11. The van der Waals surface area contributed by atoms with Crippen molar-refractivity contribution < 1.29 is 4.79 Å². The average molecular weight is 367 g/mol. The Balaban J connectivity index is 1.62. The van der Waals surface area contributed by atoms with Crippen LogP contribution in [0.3, 0.4) is 0 Å². The summed E-state index contributed by atoms with van der Waals surface area (Å²) in [6.45, 7) is 2.81. The summed E-state index contributed by atoms with van der Waals surface area (Å²) in [4.78, 5) is 28.2. The quantitative estimate of drug-likeness (QED) is 0.883. The van der Waals surface area contributed by atoms with E-state index < -0.39 is 0 Å². The third-order valence-electron chi connectivity index (χ3n) is 6.43. The highest BCUT2D eigenvalue weighted by atomic mass is 16.2. The monoisotopic (exact) mass is 367 g/mol. The van der Waals surface area contributed by atoms with E-state index in [1.165, 1.54) is 18.9 Å². The number of fused-ring (bicyclic) bond motifs is 3. The number of hydrogen-bond donors (Lipinski definition) is 1. The molecule has 3 atom stereocenters. The zero-order chi connectivity index (χ0) is 19.0. The van der Waals surface area contributed by atoms with Crippen LogP contribution in [-0.4, -0.2) is 40.5 Å². The molecule has 2 aliphatic heterocycles. The molecule has 1 aromatic heterocycles. The molecule has 144 valence electrons. The van der Waals surface area contributed by atoms with Crippen molar-refractivity contribution in [3.63, 3.8) is 0 Å². The van der Waals surface area contributed by atoms with Crippen LogP contribution in [0.1, 0.15) is 55.8 Å². The molecule has 1 amide bonds. The van der Waals surface area contributed by atoms with Crippen molar-refractivity contribution in [2.45, 2.75) is 70.1 Å². The van der Waals surface area contributed by atoms with Crippen LogP contribution in [0.15, 0.2) is 35.1 Å². The van der Waals surface area contributed by atoms with Gasteiger partial charge in [-0.1, -0.05) is 31.5 Å². The van der Waals surface area contributed by atoms with Crippen molar-refractivity contribution in [1.82, 2.24) is 14.8 Å². The summed E-state index contributed by atoms with van der Waals surface area (Å²) < 4.78 is 1.80. The number of nitrogens with zero attached hydrogens (tertiary/aromatic N) is 2. The lowest BCUT2D eigenvalue weighted by Crippen LogP contribution is -2.48. The summed E-state index contributed by atoms with van der Waals surface area (Å²) in [6.07, 6.45) is 6.44. The smallest absolute Gasteiger partial charge is 0.252 e. The van der Waals surface area contributed by atoms with E-state index in [-0.39, 0.29) is 17.5 Å². The Hall–Kier alpha value is -2.14. The van der Waals surface area contributed by atoms with Gasteiger partial charge in [-0.05, 0) is 45.2 Å². The van der Waals surface area contributed by atoms with Crippen molar-refractivity contribution in [1.29, 1.82) is 0 Å². The summed E-state index contributed by atoms with van der Waals surface area (Å²) in [7, 11) is 2.20. The lowest BCUT2D eigenvalue weighted by molar-refractivity contribution is 0.0884. The fourth-order valence-corrected chi connectivity index (χ4v) is 4.86. The van der Waals surface area contributed by atoms with E-state index in [9.17, 15) is 9.59 Å². The number of unbranched alkanes of at least 4 members (excludes halogenated alkanes) is 1. The third-order valence-corrected chi connectivity index (χ3v) is 6.43. The van der Waals surface area contributed by atoms with Gasteiger partial charge in [0, 0.05) is 36.1 Å². The maximum Gasteiger partial charge on any atom is 0.252 e. The molecule has 1 unspecified atom stereocenters. The summed E-state index contributed by atoms with van der Waals surface area (Å²) >= 11 is 0. The van der Waals surface area contributed by atoms with Gasteiger partial charge in [0.05, 0.1) is 11.1 Å². The first-order valence-electron chi connectivity index (χ1n) is 10.2. The summed E-state index contributed by atoms with van der Waals surface area (Å²) in [6, 6.07) is 10.6. The molecule has 0 saturated carbocycles. The first-order valence-corrected chi connectivity index (χ1v) is 10.2.